The number of hydrogen-bond acceptors (Lipinski definition) is 6. The first-order chi connectivity index (χ1) is 18.3. The van der Waals surface area contributed by atoms with Crippen LogP contribution < -0.4 is 5.73 Å². The van der Waals surface area contributed by atoms with Gasteiger partial charge < -0.3 is 15.7 Å². The Bertz CT molecular complexity index is 1580. The van der Waals surface area contributed by atoms with Gasteiger partial charge in [0.05, 0.1) is 29.1 Å². The van der Waals surface area contributed by atoms with Crippen LogP contribution >= 0.6 is 11.3 Å². The lowest BCUT2D eigenvalue weighted by atomic mass is 9.80. The van der Waals surface area contributed by atoms with Gasteiger partial charge in [-0.05, 0) is 67.5 Å². The molecule has 3 N–H and O–H groups in total. The van der Waals surface area contributed by atoms with Crippen LogP contribution in [0.5, 0.6) is 0 Å². The fourth-order valence-corrected chi connectivity index (χ4v) is 6.44. The molecule has 1 saturated heterocycles. The summed E-state index contributed by atoms with van der Waals surface area (Å²) in [6.45, 7) is 8.74. The second-order valence-electron chi connectivity index (χ2n) is 10.3. The number of aromatic nitrogens is 3. The van der Waals surface area contributed by atoms with E-state index in [1.165, 1.54) is 23.5 Å². The summed E-state index contributed by atoms with van der Waals surface area (Å²) in [4.78, 5) is 19.8. The summed E-state index contributed by atoms with van der Waals surface area (Å²) in [6, 6.07) is 12.1. The molecule has 0 bridgehead atoms. The van der Waals surface area contributed by atoms with E-state index in [0.717, 1.165) is 48.1 Å². The number of rotatable bonds is 5. The Balaban J connectivity index is 1.41. The van der Waals surface area contributed by atoms with Crippen LogP contribution in [0.3, 0.4) is 0 Å². The van der Waals surface area contributed by atoms with E-state index in [1.807, 2.05) is 24.3 Å². The maximum atomic E-state index is 14.6. The van der Waals surface area contributed by atoms with Crippen molar-refractivity contribution < 1.29 is 14.3 Å². The van der Waals surface area contributed by atoms with Crippen LogP contribution in [0, 0.1) is 12.4 Å². The molecule has 0 spiro atoms. The van der Waals surface area contributed by atoms with Crippen molar-refractivity contribution in [2.45, 2.75) is 50.3 Å². The van der Waals surface area contributed by atoms with Gasteiger partial charge in [-0.3, -0.25) is 4.79 Å². The highest BCUT2D eigenvalue weighted by atomic mass is 32.1. The highest BCUT2D eigenvalue weighted by molar-refractivity contribution is 7.18. The van der Waals surface area contributed by atoms with E-state index in [-0.39, 0.29) is 17.6 Å². The number of nitrogens with two attached hydrogens (primary N) is 1. The van der Waals surface area contributed by atoms with Crippen molar-refractivity contribution in [1.29, 1.82) is 0 Å². The van der Waals surface area contributed by atoms with Gasteiger partial charge in [-0.1, -0.05) is 23.4 Å². The van der Waals surface area contributed by atoms with E-state index >= 15 is 0 Å². The van der Waals surface area contributed by atoms with Crippen molar-refractivity contribution in [3.05, 3.63) is 64.6 Å². The molecule has 10 heteroatoms. The second kappa shape index (κ2) is 9.58. The lowest BCUT2D eigenvalue weighted by molar-refractivity contribution is -0.0492. The van der Waals surface area contributed by atoms with Gasteiger partial charge in [0, 0.05) is 29.6 Å². The van der Waals surface area contributed by atoms with Crippen molar-refractivity contribution in [2.24, 2.45) is 5.73 Å². The number of carbonyl (C=O) groups is 1. The first-order valence-corrected chi connectivity index (χ1v) is 13.6. The number of amides is 1. The Labute approximate surface area is 223 Å². The summed E-state index contributed by atoms with van der Waals surface area (Å²) < 4.78 is 16.3. The predicted octanol–water partition coefficient (Wildman–Crippen LogP) is 4.99. The van der Waals surface area contributed by atoms with E-state index in [4.69, 9.17) is 12.3 Å². The molecular weight excluding hydrogens is 503 g/mol. The highest BCUT2D eigenvalue weighted by Gasteiger charge is 2.35. The first kappa shape index (κ1) is 24.7. The zero-order valence-corrected chi connectivity index (χ0v) is 21.5. The van der Waals surface area contributed by atoms with Crippen molar-refractivity contribution in [1.82, 2.24) is 19.9 Å². The number of likely N-dealkylation sites (tertiary alicyclic amines) is 1. The largest absolute Gasteiger partial charge is 0.388 e. The summed E-state index contributed by atoms with van der Waals surface area (Å²) in [5.41, 5.74) is 8.97. The number of aliphatic hydroxyl groups is 1. The predicted molar refractivity (Wildman–Crippen MR) is 144 cm³/mol. The van der Waals surface area contributed by atoms with E-state index in [1.54, 1.807) is 15.6 Å². The van der Waals surface area contributed by atoms with Crippen molar-refractivity contribution >= 4 is 34.0 Å². The van der Waals surface area contributed by atoms with Gasteiger partial charge in [-0.25, -0.2) is 13.9 Å². The molecule has 2 aromatic carbocycles. The molecule has 0 unspecified atom stereocenters. The Hall–Kier alpha value is -3.65. The van der Waals surface area contributed by atoms with Crippen LogP contribution in [0.15, 0.2) is 42.5 Å². The number of hydrogen-bond donors (Lipinski definition) is 2. The highest BCUT2D eigenvalue weighted by Crippen LogP contribution is 2.42. The number of nitrogens with zero attached hydrogens (tertiary/aromatic N) is 5. The molecular formula is C28H27FN6O2S. The van der Waals surface area contributed by atoms with Crippen molar-refractivity contribution in [3.63, 3.8) is 0 Å². The van der Waals surface area contributed by atoms with E-state index in [9.17, 15) is 14.3 Å². The van der Waals surface area contributed by atoms with Crippen molar-refractivity contribution in [2.75, 3.05) is 13.1 Å². The summed E-state index contributed by atoms with van der Waals surface area (Å²) in [5.74, 6) is -0.687. The average molecular weight is 531 g/mol. The minimum absolute atomic E-state index is 0.0371. The second-order valence-corrected chi connectivity index (χ2v) is 11.4. The van der Waals surface area contributed by atoms with E-state index < -0.39 is 11.4 Å². The molecule has 194 valence electrons. The standard InChI is InChI=1S/C28H27FN6O2S/c1-31-22-7-5-17(12-21(22)29)20-14-25(27(36)34-11-2-4-19(30)15-34)38-26(20)18-6-8-24-23(13-18)32-33-35(24)16-28(37)9-3-10-28/h5-8,12-14,19,37H,2-4,9-11,15-16,30H2/t19-/m1/s1. The minimum Gasteiger partial charge on any atom is -0.388 e. The summed E-state index contributed by atoms with van der Waals surface area (Å²) >= 11 is 1.35. The Morgan fingerprint density at radius 1 is 1.21 bits per heavy atom. The van der Waals surface area contributed by atoms with Crippen molar-refractivity contribution in [3.8, 4) is 21.6 Å². The lowest BCUT2D eigenvalue weighted by Crippen LogP contribution is -2.45. The minimum atomic E-state index is -0.728. The summed E-state index contributed by atoms with van der Waals surface area (Å²) in [5, 5.41) is 19.2. The Morgan fingerprint density at radius 3 is 2.74 bits per heavy atom. The molecule has 0 radical (unpaired) electrons. The molecule has 8 nitrogen and oxygen atoms in total. The molecule has 2 aromatic heterocycles. The fourth-order valence-electron chi connectivity index (χ4n) is 5.29. The van der Waals surface area contributed by atoms with Gasteiger partial charge in [0.2, 0.25) is 5.69 Å². The summed E-state index contributed by atoms with van der Waals surface area (Å²) in [7, 11) is 0. The number of carbonyl (C=O) groups excluding carboxylic acids is 1. The number of benzene rings is 2. The number of piperidine rings is 1. The average Bonchev–Trinajstić information content (AvgIpc) is 3.52. The number of thiophene rings is 1. The zero-order valence-electron chi connectivity index (χ0n) is 20.7. The van der Waals surface area contributed by atoms with Crippen LogP contribution in [-0.4, -0.2) is 55.6 Å². The lowest BCUT2D eigenvalue weighted by Gasteiger charge is -2.36. The molecule has 2 fully saturated rings. The SMILES string of the molecule is [C-]#[N+]c1ccc(-c2cc(C(=O)N3CCC[C@@H](N)C3)sc2-c2ccc3c(c2)nnn3CC2(O)CCC2)cc1F. The maximum absolute atomic E-state index is 14.6. The third kappa shape index (κ3) is 4.47. The van der Waals surface area contributed by atoms with Gasteiger partial charge in [0.15, 0.2) is 0 Å². The Morgan fingerprint density at radius 2 is 2.03 bits per heavy atom. The van der Waals surface area contributed by atoms with Crippen LogP contribution in [0.2, 0.25) is 0 Å². The number of fused-ring (bicyclic) bond motifs is 1. The molecule has 6 rings (SSSR count). The van der Waals surface area contributed by atoms with Gasteiger partial charge in [-0.15, -0.1) is 16.4 Å². The van der Waals surface area contributed by atoms with Gasteiger partial charge in [-0.2, -0.15) is 0 Å². The van der Waals surface area contributed by atoms with Crippen LogP contribution in [0.25, 0.3) is 37.4 Å². The molecule has 1 amide bonds. The first-order valence-electron chi connectivity index (χ1n) is 12.8. The normalized spacial score (nSPS) is 18.8. The molecule has 1 atom stereocenters. The third-order valence-corrected chi connectivity index (χ3v) is 8.74. The molecule has 1 aliphatic heterocycles. The van der Waals surface area contributed by atoms with E-state index in [0.29, 0.717) is 41.2 Å². The molecule has 3 heterocycles. The van der Waals surface area contributed by atoms with Gasteiger partial charge in [0.1, 0.15) is 11.3 Å². The summed E-state index contributed by atoms with van der Waals surface area (Å²) in [6.07, 6.45) is 4.29. The fraction of sp³-hybridized carbons (Fsp3) is 0.357. The molecule has 1 aliphatic carbocycles. The monoisotopic (exact) mass is 530 g/mol. The van der Waals surface area contributed by atoms with Gasteiger partial charge in [0.25, 0.3) is 5.91 Å². The quantitative estimate of drug-likeness (QED) is 0.354. The van der Waals surface area contributed by atoms with Crippen LogP contribution in [-0.2, 0) is 6.54 Å². The molecule has 4 aromatic rings. The smallest absolute Gasteiger partial charge is 0.264 e. The zero-order chi connectivity index (χ0) is 26.4. The topological polar surface area (TPSA) is 102 Å². The Kier molecular flexibility index (Phi) is 6.22. The third-order valence-electron chi connectivity index (χ3n) is 7.57. The van der Waals surface area contributed by atoms with Crippen LogP contribution in [0.4, 0.5) is 10.1 Å². The van der Waals surface area contributed by atoms with E-state index in [2.05, 4.69) is 15.2 Å². The van der Waals surface area contributed by atoms with Gasteiger partial charge >= 0.3 is 0 Å². The molecule has 2 aliphatic rings. The van der Waals surface area contributed by atoms with Crippen LogP contribution in [0.1, 0.15) is 41.8 Å². The molecule has 1 saturated carbocycles. The molecule has 38 heavy (non-hydrogen) atoms. The maximum Gasteiger partial charge on any atom is 0.264 e. The number of halogens is 1.